The molecule has 0 aliphatic carbocycles. The van der Waals surface area contributed by atoms with Crippen LogP contribution in [0.15, 0.2) is 48.5 Å². The lowest BCUT2D eigenvalue weighted by Crippen LogP contribution is -2.46. The van der Waals surface area contributed by atoms with E-state index in [1.54, 1.807) is 23.5 Å². The normalized spacial score (nSPS) is 15.3. The number of aryl methyl sites for hydroxylation is 1. The predicted molar refractivity (Wildman–Crippen MR) is 138 cm³/mol. The van der Waals surface area contributed by atoms with E-state index in [0.29, 0.717) is 0 Å². The highest BCUT2D eigenvalue weighted by molar-refractivity contribution is 7.20. The zero-order valence-electron chi connectivity index (χ0n) is 20.2. The Morgan fingerprint density at radius 1 is 1.03 bits per heavy atom. The van der Waals surface area contributed by atoms with Crippen molar-refractivity contribution in [3.05, 3.63) is 65.5 Å². The van der Waals surface area contributed by atoms with Crippen molar-refractivity contribution in [3.63, 3.8) is 0 Å². The first-order chi connectivity index (χ1) is 16.2. The molecule has 0 spiro atoms. The van der Waals surface area contributed by atoms with Crippen LogP contribution < -0.4 is 10.2 Å². The number of piperazine rings is 1. The molecule has 34 heavy (non-hydrogen) atoms. The van der Waals surface area contributed by atoms with Gasteiger partial charge in [0.2, 0.25) is 10.1 Å². The number of nitrogens with one attached hydrogen (secondary N) is 1. The SMILES string of the molecule is Cc1cccc(-c2nc3sc(N4CCN(Cc5cccc(F)c5)CC4)nn3c2NC(C)(C)C)c1. The van der Waals surface area contributed by atoms with Crippen LogP contribution in [0.2, 0.25) is 0 Å². The van der Waals surface area contributed by atoms with Gasteiger partial charge in [0.1, 0.15) is 11.5 Å². The molecule has 178 valence electrons. The molecule has 8 heteroatoms. The Bertz CT molecular complexity index is 1300. The number of nitrogens with zero attached hydrogens (tertiary/aromatic N) is 5. The maximum atomic E-state index is 13.5. The van der Waals surface area contributed by atoms with E-state index < -0.39 is 0 Å². The van der Waals surface area contributed by atoms with Crippen LogP contribution in [0.25, 0.3) is 16.2 Å². The summed E-state index contributed by atoms with van der Waals surface area (Å²) in [5.41, 5.74) is 4.13. The van der Waals surface area contributed by atoms with E-state index in [9.17, 15) is 4.39 Å². The number of imidazole rings is 1. The van der Waals surface area contributed by atoms with Crippen LogP contribution in [0.5, 0.6) is 0 Å². The topological polar surface area (TPSA) is 48.7 Å². The Labute approximate surface area is 204 Å². The van der Waals surface area contributed by atoms with E-state index in [-0.39, 0.29) is 11.4 Å². The quantitative estimate of drug-likeness (QED) is 0.414. The molecule has 1 aliphatic rings. The lowest BCUT2D eigenvalue weighted by molar-refractivity contribution is 0.249. The Balaban J connectivity index is 1.37. The fourth-order valence-corrected chi connectivity index (χ4v) is 5.27. The van der Waals surface area contributed by atoms with Crippen LogP contribution >= 0.6 is 11.3 Å². The molecule has 0 atom stereocenters. The molecule has 0 bridgehead atoms. The molecule has 6 nitrogen and oxygen atoms in total. The smallest absolute Gasteiger partial charge is 0.216 e. The molecular weight excluding hydrogens is 447 g/mol. The summed E-state index contributed by atoms with van der Waals surface area (Å²) in [5, 5.41) is 9.60. The Morgan fingerprint density at radius 3 is 2.50 bits per heavy atom. The van der Waals surface area contributed by atoms with Gasteiger partial charge in [-0.25, -0.2) is 9.37 Å². The van der Waals surface area contributed by atoms with E-state index in [0.717, 1.165) is 65.5 Å². The second-order valence-corrected chi connectivity index (χ2v) is 11.0. The lowest BCUT2D eigenvalue weighted by Gasteiger charge is -2.34. The maximum absolute atomic E-state index is 13.5. The van der Waals surface area contributed by atoms with E-state index in [1.807, 2.05) is 10.6 Å². The highest BCUT2D eigenvalue weighted by Crippen LogP contribution is 2.35. The molecule has 2 aromatic heterocycles. The fourth-order valence-electron chi connectivity index (χ4n) is 4.32. The Kier molecular flexibility index (Phi) is 6.04. The first-order valence-electron chi connectivity index (χ1n) is 11.7. The summed E-state index contributed by atoms with van der Waals surface area (Å²) in [6, 6.07) is 15.3. The summed E-state index contributed by atoms with van der Waals surface area (Å²) >= 11 is 1.63. The number of hydrogen-bond donors (Lipinski definition) is 1. The third kappa shape index (κ3) is 4.93. The highest BCUT2D eigenvalue weighted by Gasteiger charge is 2.25. The molecule has 5 rings (SSSR count). The minimum Gasteiger partial charge on any atom is -0.364 e. The van der Waals surface area contributed by atoms with Crippen LogP contribution in [-0.2, 0) is 6.54 Å². The van der Waals surface area contributed by atoms with Crippen molar-refractivity contribution in [2.45, 2.75) is 39.8 Å². The minimum atomic E-state index is -0.174. The van der Waals surface area contributed by atoms with E-state index >= 15 is 0 Å². The number of aromatic nitrogens is 3. The standard InChI is InChI=1S/C26H31FN6S/c1-18-7-5-9-20(15-18)22-23(29-26(2,3)4)33-24(28-22)34-25(30-33)32-13-11-31(12-14-32)17-19-8-6-10-21(27)16-19/h5-10,15-16,29H,11-14,17H2,1-4H3. The van der Waals surface area contributed by atoms with Crippen molar-refractivity contribution < 1.29 is 4.39 Å². The van der Waals surface area contributed by atoms with Gasteiger partial charge in [0.25, 0.3) is 0 Å². The molecule has 1 saturated heterocycles. The number of benzene rings is 2. The van der Waals surface area contributed by atoms with Gasteiger partial charge in [0, 0.05) is 43.8 Å². The number of fused-ring (bicyclic) bond motifs is 1. The van der Waals surface area contributed by atoms with E-state index in [1.165, 1.54) is 11.6 Å². The summed E-state index contributed by atoms with van der Waals surface area (Å²) in [6.07, 6.45) is 0. The molecule has 0 unspecified atom stereocenters. The van der Waals surface area contributed by atoms with Gasteiger partial charge in [-0.15, -0.1) is 5.10 Å². The molecule has 0 amide bonds. The molecule has 3 heterocycles. The molecule has 1 N–H and O–H groups in total. The first-order valence-corrected chi connectivity index (χ1v) is 12.5. The average molecular weight is 479 g/mol. The van der Waals surface area contributed by atoms with Crippen molar-refractivity contribution >= 4 is 27.2 Å². The fraction of sp³-hybridized carbons (Fsp3) is 0.385. The molecule has 2 aromatic carbocycles. The summed E-state index contributed by atoms with van der Waals surface area (Å²) < 4.78 is 15.5. The Hall–Kier alpha value is -2.97. The second kappa shape index (κ2) is 9.00. The lowest BCUT2D eigenvalue weighted by atomic mass is 10.1. The van der Waals surface area contributed by atoms with Gasteiger partial charge in [-0.3, -0.25) is 4.90 Å². The number of hydrogen-bond acceptors (Lipinski definition) is 6. The van der Waals surface area contributed by atoms with Gasteiger partial charge in [-0.2, -0.15) is 4.52 Å². The van der Waals surface area contributed by atoms with Crippen LogP contribution in [0.3, 0.4) is 0 Å². The zero-order valence-corrected chi connectivity index (χ0v) is 21.0. The van der Waals surface area contributed by atoms with Crippen molar-refractivity contribution in [1.29, 1.82) is 0 Å². The third-order valence-electron chi connectivity index (χ3n) is 5.92. The molecule has 4 aromatic rings. The summed E-state index contributed by atoms with van der Waals surface area (Å²) in [4.78, 5) is 10.6. The third-order valence-corrected chi connectivity index (χ3v) is 6.89. The highest BCUT2D eigenvalue weighted by atomic mass is 32.1. The van der Waals surface area contributed by atoms with E-state index in [4.69, 9.17) is 10.1 Å². The summed E-state index contributed by atoms with van der Waals surface area (Å²) in [6.45, 7) is 12.9. The molecule has 0 saturated carbocycles. The number of anilines is 2. The molecular formula is C26H31FN6S. The van der Waals surface area contributed by atoms with Gasteiger partial charge >= 0.3 is 0 Å². The van der Waals surface area contributed by atoms with Gasteiger partial charge < -0.3 is 10.2 Å². The van der Waals surface area contributed by atoms with Gasteiger partial charge in [0.05, 0.1) is 0 Å². The largest absolute Gasteiger partial charge is 0.364 e. The molecule has 1 aliphatic heterocycles. The van der Waals surface area contributed by atoms with Gasteiger partial charge in [-0.05, 0) is 51.5 Å². The minimum absolute atomic E-state index is 0.124. The van der Waals surface area contributed by atoms with Gasteiger partial charge in [-0.1, -0.05) is 47.2 Å². The molecule has 0 radical (unpaired) electrons. The van der Waals surface area contributed by atoms with Crippen molar-refractivity contribution in [3.8, 4) is 11.3 Å². The average Bonchev–Trinajstić information content (AvgIpc) is 3.33. The summed E-state index contributed by atoms with van der Waals surface area (Å²) in [5.74, 6) is 0.757. The van der Waals surface area contributed by atoms with Crippen LogP contribution in [0.4, 0.5) is 15.3 Å². The van der Waals surface area contributed by atoms with Crippen LogP contribution in [-0.4, -0.2) is 51.2 Å². The monoisotopic (exact) mass is 478 g/mol. The second-order valence-electron chi connectivity index (χ2n) is 10.0. The molecule has 1 fully saturated rings. The maximum Gasteiger partial charge on any atom is 0.216 e. The summed E-state index contributed by atoms with van der Waals surface area (Å²) in [7, 11) is 0. The zero-order chi connectivity index (χ0) is 23.9. The van der Waals surface area contributed by atoms with Crippen molar-refractivity contribution in [1.82, 2.24) is 19.5 Å². The van der Waals surface area contributed by atoms with Gasteiger partial charge in [0.15, 0.2) is 5.82 Å². The first kappa shape index (κ1) is 22.8. The van der Waals surface area contributed by atoms with E-state index in [2.05, 4.69) is 67.1 Å². The van der Waals surface area contributed by atoms with Crippen molar-refractivity contribution in [2.75, 3.05) is 36.4 Å². The number of rotatable bonds is 5. The van der Waals surface area contributed by atoms with Crippen LogP contribution in [0, 0.1) is 12.7 Å². The predicted octanol–water partition coefficient (Wildman–Crippen LogP) is 5.44. The Morgan fingerprint density at radius 2 is 1.79 bits per heavy atom. The van der Waals surface area contributed by atoms with Crippen molar-refractivity contribution in [2.24, 2.45) is 0 Å². The van der Waals surface area contributed by atoms with Crippen LogP contribution in [0.1, 0.15) is 31.9 Å². The number of halogens is 1.